The van der Waals surface area contributed by atoms with Crippen molar-refractivity contribution in [2.45, 2.75) is 63.6 Å². The molecule has 3 saturated heterocycles. The number of piperidine rings is 2. The van der Waals surface area contributed by atoms with Crippen LogP contribution in [0, 0.1) is 5.92 Å². The average Bonchev–Trinajstić information content (AvgIpc) is 3.42. The minimum absolute atomic E-state index is 0.0317. The number of nitrogens with zero attached hydrogens (tertiary/aromatic N) is 3. The third-order valence-corrected chi connectivity index (χ3v) is 7.69. The smallest absolute Gasteiger partial charge is 0.325 e. The Morgan fingerprint density at radius 2 is 1.94 bits per heavy atom. The van der Waals surface area contributed by atoms with E-state index in [-0.39, 0.29) is 31.6 Å². The Labute approximate surface area is 200 Å². The summed E-state index contributed by atoms with van der Waals surface area (Å²) < 4.78 is 10.7. The van der Waals surface area contributed by atoms with Crippen molar-refractivity contribution in [1.82, 2.24) is 20.0 Å². The zero-order valence-corrected chi connectivity index (χ0v) is 19.8. The molecule has 4 aliphatic heterocycles. The molecule has 0 saturated carbocycles. The maximum Gasteiger partial charge on any atom is 0.325 e. The van der Waals surface area contributed by atoms with Gasteiger partial charge in [-0.05, 0) is 68.8 Å². The van der Waals surface area contributed by atoms with E-state index in [0.29, 0.717) is 29.9 Å². The third kappa shape index (κ3) is 4.71. The second-order valence-electron chi connectivity index (χ2n) is 9.93. The second kappa shape index (κ2) is 9.82. The number of hydrogen-bond donors (Lipinski definition) is 1. The fraction of sp³-hybridized carbons (Fsp3) is 0.640. The molecule has 184 valence electrons. The first-order chi connectivity index (χ1) is 16.5. The van der Waals surface area contributed by atoms with Crippen LogP contribution in [0.25, 0.3) is 0 Å². The maximum absolute atomic E-state index is 12.9. The van der Waals surface area contributed by atoms with E-state index >= 15 is 0 Å². The van der Waals surface area contributed by atoms with E-state index in [0.717, 1.165) is 12.1 Å². The van der Waals surface area contributed by atoms with Crippen LogP contribution in [0.2, 0.25) is 0 Å². The van der Waals surface area contributed by atoms with E-state index in [1.807, 2.05) is 18.0 Å². The van der Waals surface area contributed by atoms with Crippen LogP contribution >= 0.6 is 0 Å². The van der Waals surface area contributed by atoms with Crippen molar-refractivity contribution in [2.24, 2.45) is 5.92 Å². The van der Waals surface area contributed by atoms with Crippen molar-refractivity contribution >= 4 is 17.8 Å². The predicted molar refractivity (Wildman–Crippen MR) is 124 cm³/mol. The van der Waals surface area contributed by atoms with E-state index in [4.69, 9.17) is 9.47 Å². The van der Waals surface area contributed by atoms with Gasteiger partial charge in [0.05, 0.1) is 6.54 Å². The summed E-state index contributed by atoms with van der Waals surface area (Å²) in [5.41, 5.74) is 0.786. The summed E-state index contributed by atoms with van der Waals surface area (Å²) in [7, 11) is 1.87. The molecule has 0 aliphatic carbocycles. The van der Waals surface area contributed by atoms with Crippen molar-refractivity contribution in [3.05, 3.63) is 23.8 Å². The number of carbonyl (C=O) groups excluding carboxylic acids is 3. The van der Waals surface area contributed by atoms with Gasteiger partial charge in [-0.3, -0.25) is 14.5 Å². The second-order valence-corrected chi connectivity index (χ2v) is 9.93. The van der Waals surface area contributed by atoms with Gasteiger partial charge in [-0.2, -0.15) is 0 Å². The minimum Gasteiger partial charge on any atom is -0.454 e. The first-order valence-electron chi connectivity index (χ1n) is 12.5. The van der Waals surface area contributed by atoms with Crippen molar-refractivity contribution in [3.63, 3.8) is 0 Å². The molecule has 3 fully saturated rings. The maximum atomic E-state index is 12.9. The van der Waals surface area contributed by atoms with E-state index in [1.165, 1.54) is 50.1 Å². The Hall–Kier alpha value is -2.81. The fourth-order valence-electron chi connectivity index (χ4n) is 5.85. The Morgan fingerprint density at radius 3 is 2.82 bits per heavy atom. The van der Waals surface area contributed by atoms with Crippen LogP contribution in [0.5, 0.6) is 11.5 Å². The molecule has 9 nitrogen and oxygen atoms in total. The number of carbonyl (C=O) groups is 3. The number of urea groups is 1. The molecule has 0 spiro atoms. The summed E-state index contributed by atoms with van der Waals surface area (Å²) in [6, 6.07) is 4.89. The van der Waals surface area contributed by atoms with Crippen LogP contribution in [0.1, 0.15) is 50.5 Å². The number of benzene rings is 1. The molecule has 34 heavy (non-hydrogen) atoms. The average molecular weight is 471 g/mol. The Morgan fingerprint density at radius 1 is 1.12 bits per heavy atom. The normalized spacial score (nSPS) is 26.4. The summed E-state index contributed by atoms with van der Waals surface area (Å²) in [5.74, 6) is 1.54. The Kier molecular flexibility index (Phi) is 6.63. The lowest BCUT2D eigenvalue weighted by molar-refractivity contribution is -0.132. The van der Waals surface area contributed by atoms with Gasteiger partial charge < -0.3 is 24.6 Å². The molecule has 1 N–H and O–H groups in total. The van der Waals surface area contributed by atoms with Crippen molar-refractivity contribution in [3.8, 4) is 11.5 Å². The molecule has 0 radical (unpaired) electrons. The number of ether oxygens (including phenoxy) is 2. The van der Waals surface area contributed by atoms with E-state index in [9.17, 15) is 14.4 Å². The highest BCUT2D eigenvalue weighted by molar-refractivity contribution is 6.04. The first kappa shape index (κ1) is 23.0. The zero-order valence-electron chi connectivity index (χ0n) is 19.8. The predicted octanol–water partition coefficient (Wildman–Crippen LogP) is 2.34. The lowest BCUT2D eigenvalue weighted by atomic mass is 9.83. The Balaban J connectivity index is 1.12. The molecule has 4 heterocycles. The molecular formula is C25H34N4O5. The molecule has 0 bridgehead atoms. The van der Waals surface area contributed by atoms with Gasteiger partial charge in [-0.25, -0.2) is 4.79 Å². The molecule has 3 atom stereocenters. The van der Waals surface area contributed by atoms with E-state index in [2.05, 4.69) is 10.2 Å². The van der Waals surface area contributed by atoms with Crippen molar-refractivity contribution in [2.75, 3.05) is 33.5 Å². The molecule has 1 aromatic carbocycles. The molecule has 5 rings (SSSR count). The number of hydrogen-bond acceptors (Lipinski definition) is 6. The van der Waals surface area contributed by atoms with E-state index < -0.39 is 12.1 Å². The fourth-order valence-corrected chi connectivity index (χ4v) is 5.85. The first-order valence-corrected chi connectivity index (χ1v) is 12.5. The number of fused-ring (bicyclic) bond motifs is 2. The molecule has 4 aliphatic rings. The van der Waals surface area contributed by atoms with Gasteiger partial charge in [0, 0.05) is 26.1 Å². The molecule has 0 unspecified atom stereocenters. The van der Waals surface area contributed by atoms with Crippen LogP contribution in [-0.4, -0.2) is 78.1 Å². The number of rotatable bonds is 7. The van der Waals surface area contributed by atoms with Crippen LogP contribution in [0.3, 0.4) is 0 Å². The van der Waals surface area contributed by atoms with Crippen LogP contribution in [-0.2, 0) is 16.1 Å². The van der Waals surface area contributed by atoms with Gasteiger partial charge in [0.25, 0.3) is 5.91 Å². The lowest BCUT2D eigenvalue weighted by Crippen LogP contribution is -2.51. The minimum atomic E-state index is -0.664. The largest absolute Gasteiger partial charge is 0.454 e. The van der Waals surface area contributed by atoms with Crippen LogP contribution in [0.4, 0.5) is 4.79 Å². The van der Waals surface area contributed by atoms with E-state index in [1.54, 1.807) is 12.1 Å². The monoisotopic (exact) mass is 470 g/mol. The topological polar surface area (TPSA) is 91.4 Å². The number of nitrogens with one attached hydrogen (secondary N) is 1. The van der Waals surface area contributed by atoms with Gasteiger partial charge in [-0.1, -0.05) is 12.5 Å². The SMILES string of the molecule is CN(C[C@@H]1CCCN2CCCC[C@@H]12)C(=O)CC[C@H]1NC(=O)N(Cc2ccc3c(c2)OCO3)C1=O. The van der Waals surface area contributed by atoms with Crippen LogP contribution < -0.4 is 14.8 Å². The van der Waals surface area contributed by atoms with Gasteiger partial charge in [0.2, 0.25) is 12.7 Å². The molecule has 0 aromatic heterocycles. The van der Waals surface area contributed by atoms with Gasteiger partial charge >= 0.3 is 6.03 Å². The highest BCUT2D eigenvalue weighted by Gasteiger charge is 2.39. The number of amides is 4. The lowest BCUT2D eigenvalue weighted by Gasteiger charge is -2.45. The van der Waals surface area contributed by atoms with Crippen molar-refractivity contribution in [1.29, 1.82) is 0 Å². The summed E-state index contributed by atoms with van der Waals surface area (Å²) in [5, 5.41) is 2.74. The van der Waals surface area contributed by atoms with Crippen LogP contribution in [0.15, 0.2) is 18.2 Å². The highest BCUT2D eigenvalue weighted by atomic mass is 16.7. The standard InChI is InChI=1S/C25H34N4O5/c1-27(15-18-5-4-12-28-11-3-2-6-20(18)28)23(30)10-8-19-24(31)29(25(32)26-19)14-17-7-9-21-22(13-17)34-16-33-21/h7,9,13,18-20H,2-6,8,10-12,14-16H2,1H3,(H,26,32)/t18-,19+,20-/m0/s1. The quantitative estimate of drug-likeness (QED) is 0.615. The summed E-state index contributed by atoms with van der Waals surface area (Å²) in [6.45, 7) is 3.47. The molecule has 1 aromatic rings. The zero-order chi connectivity index (χ0) is 23.7. The molecule has 4 amide bonds. The molecular weight excluding hydrogens is 436 g/mol. The molecule has 9 heteroatoms. The highest BCUT2D eigenvalue weighted by Crippen LogP contribution is 2.33. The summed E-state index contributed by atoms with van der Waals surface area (Å²) >= 11 is 0. The Bertz CT molecular complexity index is 951. The van der Waals surface area contributed by atoms with Crippen molar-refractivity contribution < 1.29 is 23.9 Å². The van der Waals surface area contributed by atoms with Gasteiger partial charge in [0.15, 0.2) is 11.5 Å². The summed E-state index contributed by atoms with van der Waals surface area (Å²) in [6.07, 6.45) is 6.72. The summed E-state index contributed by atoms with van der Waals surface area (Å²) in [4.78, 5) is 43.8. The third-order valence-electron chi connectivity index (χ3n) is 7.69. The number of imide groups is 1. The van der Waals surface area contributed by atoms with Gasteiger partial charge in [0.1, 0.15) is 6.04 Å². The van der Waals surface area contributed by atoms with Gasteiger partial charge in [-0.15, -0.1) is 0 Å².